The summed E-state index contributed by atoms with van der Waals surface area (Å²) >= 11 is 6.05. The molecule has 1 aliphatic heterocycles. The zero-order valence-corrected chi connectivity index (χ0v) is 12.0. The first-order chi connectivity index (χ1) is 8.64. The molecule has 1 heterocycles. The van der Waals surface area contributed by atoms with E-state index in [-0.39, 0.29) is 12.4 Å². The van der Waals surface area contributed by atoms with E-state index in [1.54, 1.807) is 6.07 Å². The molecule has 2 rings (SSSR count). The molecule has 1 aromatic carbocycles. The fourth-order valence-corrected chi connectivity index (χ4v) is 2.29. The van der Waals surface area contributed by atoms with Crippen LogP contribution in [-0.4, -0.2) is 29.8 Å². The van der Waals surface area contributed by atoms with E-state index >= 15 is 0 Å². The van der Waals surface area contributed by atoms with Gasteiger partial charge in [0.05, 0.1) is 0 Å². The molecule has 19 heavy (non-hydrogen) atoms. The van der Waals surface area contributed by atoms with Gasteiger partial charge in [-0.3, -0.25) is 10.1 Å². The van der Waals surface area contributed by atoms with Gasteiger partial charge in [0.2, 0.25) is 0 Å². The molecule has 106 valence electrons. The average molecular weight is 306 g/mol. The SMILES string of the molecule is Cl.O=C(O)C1(NCc2ccccc2Cl)CCOCC1. The van der Waals surface area contributed by atoms with Crippen LogP contribution >= 0.6 is 24.0 Å². The van der Waals surface area contributed by atoms with Crippen molar-refractivity contribution in [3.8, 4) is 0 Å². The molecule has 4 nitrogen and oxygen atoms in total. The van der Waals surface area contributed by atoms with Crippen LogP contribution in [-0.2, 0) is 16.1 Å². The Hall–Kier alpha value is -0.810. The summed E-state index contributed by atoms with van der Waals surface area (Å²) in [6.07, 6.45) is 0.958. The van der Waals surface area contributed by atoms with E-state index in [1.807, 2.05) is 18.2 Å². The normalized spacial score (nSPS) is 17.5. The predicted molar refractivity (Wildman–Crippen MR) is 76.0 cm³/mol. The molecular formula is C13H17Cl2NO3. The third kappa shape index (κ3) is 3.83. The van der Waals surface area contributed by atoms with Gasteiger partial charge in [0.25, 0.3) is 0 Å². The second-order valence-corrected chi connectivity index (χ2v) is 4.85. The predicted octanol–water partition coefficient (Wildman–Crippen LogP) is 2.49. The van der Waals surface area contributed by atoms with Crippen molar-refractivity contribution in [2.45, 2.75) is 24.9 Å². The Morgan fingerprint density at radius 2 is 2.00 bits per heavy atom. The van der Waals surface area contributed by atoms with Crippen LogP contribution in [0.15, 0.2) is 24.3 Å². The molecule has 0 radical (unpaired) electrons. The lowest BCUT2D eigenvalue weighted by molar-refractivity contribution is -0.149. The van der Waals surface area contributed by atoms with E-state index in [9.17, 15) is 9.90 Å². The van der Waals surface area contributed by atoms with Crippen molar-refractivity contribution in [2.75, 3.05) is 13.2 Å². The number of hydrogen-bond donors (Lipinski definition) is 2. The topological polar surface area (TPSA) is 58.6 Å². The van der Waals surface area contributed by atoms with Crippen molar-refractivity contribution in [2.24, 2.45) is 0 Å². The van der Waals surface area contributed by atoms with Crippen molar-refractivity contribution in [1.29, 1.82) is 0 Å². The second-order valence-electron chi connectivity index (χ2n) is 4.44. The van der Waals surface area contributed by atoms with Crippen LogP contribution in [0, 0.1) is 0 Å². The molecule has 0 amide bonds. The van der Waals surface area contributed by atoms with Crippen molar-refractivity contribution < 1.29 is 14.6 Å². The fourth-order valence-electron chi connectivity index (χ4n) is 2.09. The molecule has 0 saturated carbocycles. The summed E-state index contributed by atoms with van der Waals surface area (Å²) in [4.78, 5) is 11.4. The minimum Gasteiger partial charge on any atom is -0.480 e. The highest BCUT2D eigenvalue weighted by molar-refractivity contribution is 6.31. The third-order valence-electron chi connectivity index (χ3n) is 3.33. The van der Waals surface area contributed by atoms with Crippen LogP contribution in [0.5, 0.6) is 0 Å². The van der Waals surface area contributed by atoms with Gasteiger partial charge in [0.15, 0.2) is 0 Å². The lowest BCUT2D eigenvalue weighted by Crippen LogP contribution is -2.55. The summed E-state index contributed by atoms with van der Waals surface area (Å²) < 4.78 is 5.22. The highest BCUT2D eigenvalue weighted by Crippen LogP contribution is 2.23. The van der Waals surface area contributed by atoms with E-state index in [0.717, 1.165) is 5.56 Å². The number of hydrogen-bond acceptors (Lipinski definition) is 3. The van der Waals surface area contributed by atoms with Crippen LogP contribution in [0.25, 0.3) is 0 Å². The number of carboxylic acid groups (broad SMARTS) is 1. The van der Waals surface area contributed by atoms with Gasteiger partial charge in [-0.15, -0.1) is 12.4 Å². The van der Waals surface area contributed by atoms with Gasteiger partial charge in [-0.25, -0.2) is 0 Å². The van der Waals surface area contributed by atoms with Crippen molar-refractivity contribution >= 4 is 30.0 Å². The van der Waals surface area contributed by atoms with E-state index < -0.39 is 11.5 Å². The molecule has 0 atom stereocenters. The van der Waals surface area contributed by atoms with E-state index in [0.29, 0.717) is 37.6 Å². The molecular weight excluding hydrogens is 289 g/mol. The average Bonchev–Trinajstić information content (AvgIpc) is 2.39. The summed E-state index contributed by atoms with van der Waals surface area (Å²) in [6, 6.07) is 7.44. The first-order valence-electron chi connectivity index (χ1n) is 5.94. The monoisotopic (exact) mass is 305 g/mol. The fraction of sp³-hybridized carbons (Fsp3) is 0.462. The van der Waals surface area contributed by atoms with Crippen molar-refractivity contribution in [3.63, 3.8) is 0 Å². The molecule has 0 spiro atoms. The quantitative estimate of drug-likeness (QED) is 0.897. The summed E-state index contributed by atoms with van der Waals surface area (Å²) in [5, 5.41) is 13.2. The van der Waals surface area contributed by atoms with Gasteiger partial charge in [-0.05, 0) is 24.5 Å². The zero-order valence-electron chi connectivity index (χ0n) is 10.4. The zero-order chi connectivity index (χ0) is 13.0. The molecule has 1 aromatic rings. The minimum atomic E-state index is -0.891. The Labute approximate surface area is 123 Å². The smallest absolute Gasteiger partial charge is 0.324 e. The lowest BCUT2D eigenvalue weighted by Gasteiger charge is -2.34. The summed E-state index contributed by atoms with van der Waals surface area (Å²) in [6.45, 7) is 1.40. The number of carbonyl (C=O) groups is 1. The molecule has 2 N–H and O–H groups in total. The highest BCUT2D eigenvalue weighted by Gasteiger charge is 2.39. The molecule has 1 fully saturated rings. The largest absolute Gasteiger partial charge is 0.480 e. The maximum absolute atomic E-state index is 11.4. The molecule has 6 heteroatoms. The van der Waals surface area contributed by atoms with Gasteiger partial charge < -0.3 is 9.84 Å². The Morgan fingerprint density at radius 1 is 1.37 bits per heavy atom. The lowest BCUT2D eigenvalue weighted by atomic mass is 9.90. The van der Waals surface area contributed by atoms with Crippen LogP contribution in [0.1, 0.15) is 18.4 Å². The number of rotatable bonds is 4. The maximum Gasteiger partial charge on any atom is 0.324 e. The van der Waals surface area contributed by atoms with Crippen molar-refractivity contribution in [1.82, 2.24) is 5.32 Å². The van der Waals surface area contributed by atoms with E-state index in [2.05, 4.69) is 5.32 Å². The first kappa shape index (κ1) is 16.2. The summed E-state index contributed by atoms with van der Waals surface area (Å²) in [5.41, 5.74) is 0.0171. The van der Waals surface area contributed by atoms with Crippen LogP contribution in [0.3, 0.4) is 0 Å². The standard InChI is InChI=1S/C13H16ClNO3.ClH/c14-11-4-2-1-3-10(11)9-15-13(12(16)17)5-7-18-8-6-13;/h1-4,15H,5-9H2,(H,16,17);1H. The Balaban J connectivity index is 0.00000180. The maximum atomic E-state index is 11.4. The molecule has 1 saturated heterocycles. The third-order valence-corrected chi connectivity index (χ3v) is 3.70. The van der Waals surface area contributed by atoms with Gasteiger partial charge in [0.1, 0.15) is 5.54 Å². The highest BCUT2D eigenvalue weighted by atomic mass is 35.5. The Morgan fingerprint density at radius 3 is 2.58 bits per heavy atom. The first-order valence-corrected chi connectivity index (χ1v) is 6.31. The van der Waals surface area contributed by atoms with Gasteiger partial charge in [-0.1, -0.05) is 29.8 Å². The number of nitrogens with one attached hydrogen (secondary N) is 1. The summed E-state index contributed by atoms with van der Waals surface area (Å²) in [7, 11) is 0. The molecule has 0 bridgehead atoms. The Bertz CT molecular complexity index is 434. The van der Waals surface area contributed by atoms with Gasteiger partial charge in [0, 0.05) is 24.8 Å². The Kier molecular flexibility index (Phi) is 6.07. The molecule has 1 aliphatic rings. The summed E-state index contributed by atoms with van der Waals surface area (Å²) in [5.74, 6) is -0.821. The molecule has 0 aromatic heterocycles. The number of ether oxygens (including phenoxy) is 1. The number of carboxylic acids is 1. The molecule has 0 unspecified atom stereocenters. The number of aliphatic carboxylic acids is 1. The van der Waals surface area contributed by atoms with Crippen LogP contribution in [0.2, 0.25) is 5.02 Å². The number of halogens is 2. The molecule has 0 aliphatic carbocycles. The van der Waals surface area contributed by atoms with Crippen LogP contribution in [0.4, 0.5) is 0 Å². The van der Waals surface area contributed by atoms with Gasteiger partial charge in [-0.2, -0.15) is 0 Å². The second kappa shape index (κ2) is 7.10. The van der Waals surface area contributed by atoms with Gasteiger partial charge >= 0.3 is 5.97 Å². The van der Waals surface area contributed by atoms with E-state index in [4.69, 9.17) is 16.3 Å². The van der Waals surface area contributed by atoms with E-state index in [1.165, 1.54) is 0 Å². The van der Waals surface area contributed by atoms with Crippen molar-refractivity contribution in [3.05, 3.63) is 34.9 Å². The minimum absolute atomic E-state index is 0. The van der Waals surface area contributed by atoms with Crippen LogP contribution < -0.4 is 5.32 Å². The number of benzene rings is 1.